The number of para-hydroxylation sites is 4. The van der Waals surface area contributed by atoms with E-state index in [1.165, 1.54) is 0 Å². The second-order valence-electron chi connectivity index (χ2n) is 10.4. The Bertz CT molecular complexity index is 1870. The van der Waals surface area contributed by atoms with Gasteiger partial charge in [-0.1, -0.05) is 121 Å². The molecule has 0 saturated carbocycles. The van der Waals surface area contributed by atoms with Crippen LogP contribution in [0.3, 0.4) is 0 Å². The second-order valence-corrected chi connectivity index (χ2v) is 10.4. The van der Waals surface area contributed by atoms with E-state index >= 15 is 0 Å². The van der Waals surface area contributed by atoms with Crippen molar-refractivity contribution < 1.29 is 5.48 Å². The maximum absolute atomic E-state index is 8.99. The largest absolute Gasteiger partial charge is 0.311 e. The van der Waals surface area contributed by atoms with Crippen LogP contribution in [-0.4, -0.2) is 0 Å². The molecular formula is C42H32N2. The summed E-state index contributed by atoms with van der Waals surface area (Å²) in [5.74, 6) is 0. The third-order valence-corrected chi connectivity index (χ3v) is 7.51. The normalized spacial score (nSPS) is 12.0. The van der Waals surface area contributed by atoms with Crippen LogP contribution in [-0.2, 0) is 0 Å². The van der Waals surface area contributed by atoms with Gasteiger partial charge in [-0.3, -0.25) is 0 Å². The highest BCUT2D eigenvalue weighted by Gasteiger charge is 2.13. The van der Waals surface area contributed by atoms with Crippen molar-refractivity contribution in [2.24, 2.45) is 0 Å². The smallest absolute Gasteiger partial charge is 0.0629 e. The number of rotatable bonds is 8. The van der Waals surface area contributed by atoms with Gasteiger partial charge in [-0.2, -0.15) is 0 Å². The minimum atomic E-state index is -0.0685. The van der Waals surface area contributed by atoms with Gasteiger partial charge < -0.3 is 9.80 Å². The van der Waals surface area contributed by atoms with Gasteiger partial charge in [0.2, 0.25) is 0 Å². The van der Waals surface area contributed by atoms with Crippen molar-refractivity contribution in [3.8, 4) is 22.3 Å². The monoisotopic (exact) mass is 568 g/mol. The fraction of sp³-hybridized carbons (Fsp3) is 0. The lowest BCUT2D eigenvalue weighted by Crippen LogP contribution is -2.09. The van der Waals surface area contributed by atoms with Gasteiger partial charge in [0.25, 0.3) is 0 Å². The zero-order valence-corrected chi connectivity index (χ0v) is 24.1. The summed E-state index contributed by atoms with van der Waals surface area (Å²) in [6.45, 7) is 0. The Morgan fingerprint density at radius 2 is 0.477 bits per heavy atom. The molecule has 0 N–H and O–H groups in total. The quantitative estimate of drug-likeness (QED) is 0.180. The first-order valence-electron chi connectivity index (χ1n) is 16.6. The number of hydrogen-bond donors (Lipinski definition) is 0. The van der Waals surface area contributed by atoms with E-state index in [-0.39, 0.29) is 35.3 Å². The minimum absolute atomic E-state index is 0.0685. The average Bonchev–Trinajstić information content (AvgIpc) is 3.14. The summed E-state index contributed by atoms with van der Waals surface area (Å²) in [5, 5.41) is 0. The van der Waals surface area contributed by atoms with Crippen LogP contribution in [0.5, 0.6) is 0 Å². The van der Waals surface area contributed by atoms with Gasteiger partial charge in [0.15, 0.2) is 0 Å². The molecule has 0 aliphatic carbocycles. The molecule has 0 fully saturated rings. The molecule has 0 amide bonds. The summed E-state index contributed by atoms with van der Waals surface area (Å²) in [4.78, 5) is 4.28. The molecule has 210 valence electrons. The molecule has 0 bridgehead atoms. The first-order valence-corrected chi connectivity index (χ1v) is 14.6. The Hall–Kier alpha value is -5.86. The Labute approximate surface area is 265 Å². The molecule has 0 aliphatic heterocycles. The number of benzene rings is 7. The first kappa shape index (κ1) is 22.7. The van der Waals surface area contributed by atoms with Crippen molar-refractivity contribution in [2.45, 2.75) is 0 Å². The third-order valence-electron chi connectivity index (χ3n) is 7.51. The van der Waals surface area contributed by atoms with E-state index in [4.69, 9.17) is 5.48 Å². The molecule has 0 atom stereocenters. The van der Waals surface area contributed by atoms with Crippen LogP contribution < -0.4 is 9.80 Å². The second kappa shape index (κ2) is 12.6. The summed E-state index contributed by atoms with van der Waals surface area (Å²) in [5.41, 5.74) is 7.67. The maximum atomic E-state index is 8.99. The van der Waals surface area contributed by atoms with Crippen molar-refractivity contribution in [1.29, 1.82) is 0 Å². The molecular weight excluding hydrogens is 532 g/mol. The van der Waals surface area contributed by atoms with Crippen LogP contribution >= 0.6 is 0 Å². The van der Waals surface area contributed by atoms with Crippen LogP contribution in [0.2, 0.25) is 0 Å². The lowest BCUT2D eigenvalue weighted by atomic mass is 9.99. The van der Waals surface area contributed by atoms with Crippen LogP contribution in [0.1, 0.15) is 5.48 Å². The standard InChI is InChI=1S/C42H32N2/c1-5-13-37(14-6-1)43(38-15-7-2-8-16-38)41-29-25-35(26-30-41)33-21-23-34(24-22-33)36-27-31-42(32-28-36)44(39-17-9-3-10-18-39)40-19-11-4-12-20-40/h1-32H/i21D,22D,23D,24D. The van der Waals surface area contributed by atoms with E-state index < -0.39 is 0 Å². The fourth-order valence-electron chi connectivity index (χ4n) is 5.36. The SMILES string of the molecule is [2H]c1c([2H])c(-c2ccc(N(c3ccccc3)c3ccccc3)cc2)c([2H])c([2H])c1-c1ccc(N(c2ccccc2)c2ccccc2)cc1. The summed E-state index contributed by atoms with van der Waals surface area (Å²) >= 11 is 0. The highest BCUT2D eigenvalue weighted by Crippen LogP contribution is 2.37. The zero-order valence-electron chi connectivity index (χ0n) is 28.1. The van der Waals surface area contributed by atoms with E-state index in [1.54, 1.807) is 0 Å². The molecule has 0 heterocycles. The Morgan fingerprint density at radius 3 is 0.727 bits per heavy atom. The van der Waals surface area contributed by atoms with Gasteiger partial charge in [0.1, 0.15) is 0 Å². The predicted octanol–water partition coefficient (Wildman–Crippen LogP) is 12.0. The van der Waals surface area contributed by atoms with Gasteiger partial charge >= 0.3 is 0 Å². The third kappa shape index (κ3) is 5.74. The summed E-state index contributed by atoms with van der Waals surface area (Å²) < 4.78 is 36.0. The molecule has 2 heteroatoms. The molecule has 0 aromatic heterocycles. The van der Waals surface area contributed by atoms with Crippen LogP contribution in [0.4, 0.5) is 34.1 Å². The van der Waals surface area contributed by atoms with E-state index in [1.807, 2.05) is 121 Å². The Kier molecular flexibility index (Phi) is 6.48. The van der Waals surface area contributed by atoms with E-state index in [9.17, 15) is 0 Å². The van der Waals surface area contributed by atoms with Crippen molar-refractivity contribution >= 4 is 34.1 Å². The average molecular weight is 569 g/mol. The van der Waals surface area contributed by atoms with Crippen LogP contribution in [0.25, 0.3) is 22.3 Å². The van der Waals surface area contributed by atoms with Crippen LogP contribution in [0.15, 0.2) is 194 Å². The van der Waals surface area contributed by atoms with E-state index in [0.29, 0.717) is 11.1 Å². The topological polar surface area (TPSA) is 6.48 Å². The van der Waals surface area contributed by atoms with E-state index in [0.717, 1.165) is 34.1 Å². The zero-order chi connectivity index (χ0) is 33.0. The van der Waals surface area contributed by atoms with Gasteiger partial charge in [-0.25, -0.2) is 0 Å². The van der Waals surface area contributed by atoms with E-state index in [2.05, 4.69) is 58.3 Å². The molecule has 0 spiro atoms. The fourth-order valence-corrected chi connectivity index (χ4v) is 5.36. The first-order chi connectivity index (χ1) is 23.5. The lowest BCUT2D eigenvalue weighted by molar-refractivity contribution is 1.28. The van der Waals surface area contributed by atoms with Crippen molar-refractivity contribution in [2.75, 3.05) is 9.80 Å². The van der Waals surface area contributed by atoms with Gasteiger partial charge in [0, 0.05) is 34.1 Å². The minimum Gasteiger partial charge on any atom is -0.311 e. The highest BCUT2D eigenvalue weighted by molar-refractivity contribution is 5.80. The number of anilines is 6. The van der Waals surface area contributed by atoms with Gasteiger partial charge in [-0.05, 0) is 95.1 Å². The molecule has 7 aromatic rings. The molecule has 7 aromatic carbocycles. The lowest BCUT2D eigenvalue weighted by Gasteiger charge is -2.25. The highest BCUT2D eigenvalue weighted by atomic mass is 15.1. The summed E-state index contributed by atoms with van der Waals surface area (Å²) in [6.07, 6.45) is 0. The van der Waals surface area contributed by atoms with Gasteiger partial charge in [-0.15, -0.1) is 0 Å². The molecule has 44 heavy (non-hydrogen) atoms. The van der Waals surface area contributed by atoms with Crippen molar-refractivity contribution in [3.05, 3.63) is 194 Å². The number of hydrogen-bond acceptors (Lipinski definition) is 2. The predicted molar refractivity (Wildman–Crippen MR) is 187 cm³/mol. The Balaban J connectivity index is 1.24. The van der Waals surface area contributed by atoms with Gasteiger partial charge in [0.05, 0.1) is 5.48 Å². The summed E-state index contributed by atoms with van der Waals surface area (Å²) in [6, 6.07) is 55.4. The molecule has 0 unspecified atom stereocenters. The maximum Gasteiger partial charge on any atom is 0.0629 e. The van der Waals surface area contributed by atoms with Crippen molar-refractivity contribution in [1.82, 2.24) is 0 Å². The summed E-state index contributed by atoms with van der Waals surface area (Å²) in [7, 11) is 0. The number of nitrogens with zero attached hydrogens (tertiary/aromatic N) is 2. The molecule has 0 saturated heterocycles. The van der Waals surface area contributed by atoms with Crippen molar-refractivity contribution in [3.63, 3.8) is 0 Å². The Morgan fingerprint density at radius 1 is 0.250 bits per heavy atom. The molecule has 0 radical (unpaired) electrons. The molecule has 2 nitrogen and oxygen atoms in total. The molecule has 7 rings (SSSR count). The van der Waals surface area contributed by atoms with Crippen LogP contribution in [0, 0.1) is 0 Å². The molecule has 0 aliphatic rings.